The van der Waals surface area contributed by atoms with E-state index in [0.29, 0.717) is 27.2 Å². The molecule has 0 radical (unpaired) electrons. The van der Waals surface area contributed by atoms with Crippen molar-refractivity contribution in [1.82, 2.24) is 24.6 Å². The molecule has 1 atom stereocenters. The maximum atomic E-state index is 12.7. The lowest BCUT2D eigenvalue weighted by Gasteiger charge is -2.13. The molecule has 3 aromatic rings. The number of nitrogens with zero attached hydrogens (tertiary/aromatic N) is 4. The van der Waals surface area contributed by atoms with Crippen LogP contribution in [0.5, 0.6) is 0 Å². The summed E-state index contributed by atoms with van der Waals surface area (Å²) in [6.07, 6.45) is 3.30. The summed E-state index contributed by atoms with van der Waals surface area (Å²) in [5.74, 6) is -0.196. The van der Waals surface area contributed by atoms with Crippen LogP contribution in [0, 0.1) is 13.8 Å². The highest BCUT2D eigenvalue weighted by Crippen LogP contribution is 2.27. The molecule has 0 saturated carbocycles. The fraction of sp³-hybridized carbons (Fsp3) is 0.412. The summed E-state index contributed by atoms with van der Waals surface area (Å²) in [7, 11) is 1.87. The molecule has 0 aliphatic carbocycles. The number of carbonyl (C=O) groups excluding carboxylic acids is 1. The highest BCUT2D eigenvalue weighted by atomic mass is 32.1. The van der Waals surface area contributed by atoms with Gasteiger partial charge in [-0.1, -0.05) is 0 Å². The average molecular weight is 359 g/mol. The van der Waals surface area contributed by atoms with Crippen LogP contribution in [-0.2, 0) is 13.6 Å². The molecule has 0 unspecified atom stereocenters. The third-order valence-corrected chi connectivity index (χ3v) is 5.75. The Morgan fingerprint density at radius 1 is 1.40 bits per heavy atom. The third-order valence-electron chi connectivity index (χ3n) is 4.55. The Labute approximate surface area is 149 Å². The molecule has 3 rings (SSSR count). The number of amides is 1. The predicted molar refractivity (Wildman–Crippen MR) is 98.1 cm³/mol. The fourth-order valence-corrected chi connectivity index (χ4v) is 3.92. The second-order valence-corrected chi connectivity index (χ2v) is 7.08. The zero-order valence-electron chi connectivity index (χ0n) is 15.0. The maximum absolute atomic E-state index is 12.7. The van der Waals surface area contributed by atoms with Crippen molar-refractivity contribution in [3.63, 3.8) is 0 Å². The molecular weight excluding hydrogens is 338 g/mol. The summed E-state index contributed by atoms with van der Waals surface area (Å²) in [6.45, 7) is 8.13. The molecule has 0 bridgehead atoms. The molecule has 3 aromatic heterocycles. The van der Waals surface area contributed by atoms with Crippen LogP contribution in [0.1, 0.15) is 46.4 Å². The summed E-state index contributed by atoms with van der Waals surface area (Å²) in [6, 6.07) is -0.175. The van der Waals surface area contributed by atoms with Gasteiger partial charge in [0.2, 0.25) is 0 Å². The van der Waals surface area contributed by atoms with Crippen molar-refractivity contribution in [3.05, 3.63) is 44.6 Å². The first kappa shape index (κ1) is 17.3. The van der Waals surface area contributed by atoms with Gasteiger partial charge in [0, 0.05) is 24.8 Å². The monoisotopic (exact) mass is 359 g/mol. The van der Waals surface area contributed by atoms with E-state index in [2.05, 4.69) is 15.4 Å². The zero-order chi connectivity index (χ0) is 18.3. The van der Waals surface area contributed by atoms with Gasteiger partial charge in [-0.15, -0.1) is 11.3 Å². The van der Waals surface area contributed by atoms with Crippen molar-refractivity contribution in [2.45, 2.75) is 40.3 Å². The molecule has 0 spiro atoms. The van der Waals surface area contributed by atoms with Gasteiger partial charge < -0.3 is 5.32 Å². The molecule has 1 amide bonds. The maximum Gasteiger partial charge on any atom is 0.262 e. The summed E-state index contributed by atoms with van der Waals surface area (Å²) in [4.78, 5) is 30.7. The Morgan fingerprint density at radius 2 is 2.12 bits per heavy atom. The van der Waals surface area contributed by atoms with Gasteiger partial charge in [-0.05, 0) is 33.3 Å². The fourth-order valence-electron chi connectivity index (χ4n) is 2.88. The summed E-state index contributed by atoms with van der Waals surface area (Å²) >= 11 is 1.25. The number of hydrogen-bond acceptors (Lipinski definition) is 5. The first-order valence-corrected chi connectivity index (χ1v) is 8.94. The normalized spacial score (nSPS) is 12.5. The molecule has 0 aromatic carbocycles. The molecule has 3 heterocycles. The van der Waals surface area contributed by atoms with Crippen LogP contribution in [0.4, 0.5) is 0 Å². The SMILES string of the molecule is CCn1cnc2sc(C(=O)N[C@@H](C)c3cnn(C)c3C)c(C)c2c1=O. The lowest BCUT2D eigenvalue weighted by Crippen LogP contribution is -2.27. The molecule has 132 valence electrons. The first-order valence-electron chi connectivity index (χ1n) is 8.13. The van der Waals surface area contributed by atoms with Gasteiger partial charge in [-0.3, -0.25) is 18.8 Å². The molecule has 0 aliphatic heterocycles. The van der Waals surface area contributed by atoms with Crippen molar-refractivity contribution in [3.8, 4) is 0 Å². The summed E-state index contributed by atoms with van der Waals surface area (Å²) in [5.41, 5.74) is 2.57. The Bertz CT molecular complexity index is 1010. The molecule has 0 aliphatic rings. The third kappa shape index (κ3) is 2.86. The molecule has 25 heavy (non-hydrogen) atoms. The number of nitrogens with one attached hydrogen (secondary N) is 1. The number of hydrogen-bond donors (Lipinski definition) is 1. The van der Waals surface area contributed by atoms with Gasteiger partial charge in [0.25, 0.3) is 11.5 Å². The molecule has 1 N–H and O–H groups in total. The number of aromatic nitrogens is 4. The lowest BCUT2D eigenvalue weighted by atomic mass is 10.1. The van der Waals surface area contributed by atoms with Crippen LogP contribution >= 0.6 is 11.3 Å². The second kappa shape index (κ2) is 6.44. The van der Waals surface area contributed by atoms with Gasteiger partial charge in [0.15, 0.2) is 0 Å². The minimum Gasteiger partial charge on any atom is -0.345 e. The smallest absolute Gasteiger partial charge is 0.262 e. The Balaban J connectivity index is 1.95. The molecular formula is C17H21N5O2S. The first-order chi connectivity index (χ1) is 11.8. The van der Waals surface area contributed by atoms with Crippen LogP contribution in [0.25, 0.3) is 10.2 Å². The van der Waals surface area contributed by atoms with E-state index in [4.69, 9.17) is 0 Å². The molecule has 0 fully saturated rings. The van der Waals surface area contributed by atoms with Crippen molar-refractivity contribution in [2.24, 2.45) is 7.05 Å². The van der Waals surface area contributed by atoms with E-state index in [9.17, 15) is 9.59 Å². The Hall–Kier alpha value is -2.48. The minimum atomic E-state index is -0.196. The van der Waals surface area contributed by atoms with E-state index in [1.54, 1.807) is 22.4 Å². The Kier molecular flexibility index (Phi) is 4.47. The summed E-state index contributed by atoms with van der Waals surface area (Å²) < 4.78 is 3.32. The summed E-state index contributed by atoms with van der Waals surface area (Å²) in [5, 5.41) is 7.74. The van der Waals surface area contributed by atoms with Crippen LogP contribution < -0.4 is 10.9 Å². The van der Waals surface area contributed by atoms with Crippen molar-refractivity contribution >= 4 is 27.5 Å². The lowest BCUT2D eigenvalue weighted by molar-refractivity contribution is 0.0943. The van der Waals surface area contributed by atoms with Crippen molar-refractivity contribution in [1.29, 1.82) is 0 Å². The van der Waals surface area contributed by atoms with Gasteiger partial charge in [-0.25, -0.2) is 4.98 Å². The van der Waals surface area contributed by atoms with E-state index in [1.165, 1.54) is 17.7 Å². The van der Waals surface area contributed by atoms with Crippen molar-refractivity contribution < 1.29 is 4.79 Å². The number of rotatable bonds is 4. The van der Waals surface area contributed by atoms with E-state index < -0.39 is 0 Å². The largest absolute Gasteiger partial charge is 0.345 e. The topological polar surface area (TPSA) is 81.8 Å². The standard InChI is InChI=1S/C17H21N5O2S/c1-6-22-8-18-16-13(17(22)24)9(2)14(25-16)15(23)20-10(3)12-7-19-21(5)11(12)4/h7-8,10H,6H2,1-5H3,(H,20,23)/t10-/m0/s1. The molecule has 0 saturated heterocycles. The molecule has 7 nitrogen and oxygen atoms in total. The highest BCUT2D eigenvalue weighted by Gasteiger charge is 2.22. The van der Waals surface area contributed by atoms with Crippen molar-refractivity contribution in [2.75, 3.05) is 0 Å². The van der Waals surface area contributed by atoms with Crippen LogP contribution in [-0.4, -0.2) is 25.2 Å². The van der Waals surface area contributed by atoms with Gasteiger partial charge >= 0.3 is 0 Å². The van der Waals surface area contributed by atoms with Gasteiger partial charge in [0.05, 0.1) is 28.8 Å². The van der Waals surface area contributed by atoms with Gasteiger partial charge in [0.1, 0.15) is 4.83 Å². The van der Waals surface area contributed by atoms with Crippen LogP contribution in [0.15, 0.2) is 17.3 Å². The molecule has 8 heteroatoms. The highest BCUT2D eigenvalue weighted by molar-refractivity contribution is 7.20. The second-order valence-electron chi connectivity index (χ2n) is 6.08. The average Bonchev–Trinajstić information content (AvgIpc) is 3.09. The van der Waals surface area contributed by atoms with Crippen LogP contribution in [0.3, 0.4) is 0 Å². The predicted octanol–water partition coefficient (Wildman–Crippen LogP) is 2.32. The van der Waals surface area contributed by atoms with Crippen LogP contribution in [0.2, 0.25) is 0 Å². The minimum absolute atomic E-state index is 0.101. The van der Waals surface area contributed by atoms with Gasteiger partial charge in [-0.2, -0.15) is 5.10 Å². The van der Waals surface area contributed by atoms with E-state index >= 15 is 0 Å². The number of carbonyl (C=O) groups is 1. The number of thiophene rings is 1. The quantitative estimate of drug-likeness (QED) is 0.775. The van der Waals surface area contributed by atoms with E-state index in [-0.39, 0.29) is 17.5 Å². The van der Waals surface area contributed by atoms with E-state index in [0.717, 1.165) is 11.3 Å². The Morgan fingerprint density at radius 3 is 2.72 bits per heavy atom. The number of aryl methyl sites for hydroxylation is 3. The van der Waals surface area contributed by atoms with E-state index in [1.807, 2.05) is 27.8 Å². The number of fused-ring (bicyclic) bond motifs is 1. The zero-order valence-corrected chi connectivity index (χ0v) is 15.8.